The van der Waals surface area contributed by atoms with Gasteiger partial charge >= 0.3 is 6.09 Å². The van der Waals surface area contributed by atoms with Crippen LogP contribution in [0.1, 0.15) is 13.3 Å². The van der Waals surface area contributed by atoms with Gasteiger partial charge in [0.15, 0.2) is 0 Å². The van der Waals surface area contributed by atoms with Gasteiger partial charge in [0, 0.05) is 13.2 Å². The van der Waals surface area contributed by atoms with Crippen LogP contribution >= 0.6 is 0 Å². The van der Waals surface area contributed by atoms with Gasteiger partial charge in [0.2, 0.25) is 0 Å². The zero-order chi connectivity index (χ0) is 18.4. The summed E-state index contributed by atoms with van der Waals surface area (Å²) in [7, 11) is 0. The molecule has 0 aromatic heterocycles. The van der Waals surface area contributed by atoms with E-state index < -0.39 is 6.09 Å². The Bertz CT molecular complexity index is 281. The smallest absolute Gasteiger partial charge is 0.404 e. The summed E-state index contributed by atoms with van der Waals surface area (Å²) in [5.41, 5.74) is 0. The van der Waals surface area contributed by atoms with Crippen molar-refractivity contribution < 1.29 is 38.3 Å². The van der Waals surface area contributed by atoms with E-state index in [0.29, 0.717) is 72.7 Å². The Balaban J connectivity index is 2.97. The molecule has 0 heterocycles. The molecule has 0 bridgehead atoms. The Kier molecular flexibility index (Phi) is 20.3. The van der Waals surface area contributed by atoms with Gasteiger partial charge in [-0.15, -0.1) is 0 Å². The van der Waals surface area contributed by atoms with Crippen molar-refractivity contribution in [1.82, 2.24) is 5.32 Å². The van der Waals surface area contributed by atoms with Crippen LogP contribution in [0.3, 0.4) is 0 Å². The van der Waals surface area contributed by atoms with Crippen molar-refractivity contribution in [2.45, 2.75) is 13.3 Å². The fourth-order valence-corrected chi connectivity index (χ4v) is 1.58. The van der Waals surface area contributed by atoms with E-state index in [0.717, 1.165) is 13.0 Å². The van der Waals surface area contributed by atoms with Gasteiger partial charge in [-0.1, -0.05) is 6.92 Å². The van der Waals surface area contributed by atoms with E-state index in [2.05, 4.69) is 12.2 Å². The summed E-state index contributed by atoms with van der Waals surface area (Å²) in [5, 5.41) is 10.5. The number of hydrogen-bond donors (Lipinski definition) is 2. The lowest BCUT2D eigenvalue weighted by molar-refractivity contribution is -0.0165. The average molecular weight is 367 g/mol. The third-order valence-corrected chi connectivity index (χ3v) is 2.73. The topological polar surface area (TPSA) is 105 Å². The lowest BCUT2D eigenvalue weighted by Gasteiger charge is -2.08. The molecule has 9 heteroatoms. The molecule has 0 unspecified atom stereocenters. The van der Waals surface area contributed by atoms with E-state index in [1.165, 1.54) is 0 Å². The first-order chi connectivity index (χ1) is 12.3. The SMILES string of the molecule is CCCOCCOCCOCCOCCOCCOCCNC(=O)O. The van der Waals surface area contributed by atoms with Crippen LogP contribution in [-0.4, -0.2) is 97.0 Å². The number of nitrogens with one attached hydrogen (secondary N) is 1. The second-order valence-electron chi connectivity index (χ2n) is 4.91. The van der Waals surface area contributed by atoms with Crippen LogP contribution < -0.4 is 5.32 Å². The van der Waals surface area contributed by atoms with E-state index >= 15 is 0 Å². The molecule has 0 spiro atoms. The predicted molar refractivity (Wildman–Crippen MR) is 91.2 cm³/mol. The first-order valence-corrected chi connectivity index (χ1v) is 8.70. The minimum atomic E-state index is -1.05. The van der Waals surface area contributed by atoms with Crippen LogP contribution in [0.15, 0.2) is 0 Å². The van der Waals surface area contributed by atoms with Gasteiger partial charge in [-0.2, -0.15) is 0 Å². The van der Waals surface area contributed by atoms with Crippen molar-refractivity contribution in [3.05, 3.63) is 0 Å². The minimum absolute atomic E-state index is 0.274. The normalized spacial score (nSPS) is 10.9. The molecule has 0 rings (SSSR count). The van der Waals surface area contributed by atoms with Crippen molar-refractivity contribution in [3.63, 3.8) is 0 Å². The molecule has 150 valence electrons. The summed E-state index contributed by atoms with van der Waals surface area (Å²) in [5.74, 6) is 0. The molecule has 0 aliphatic heterocycles. The quantitative estimate of drug-likeness (QED) is 0.304. The molecule has 0 aromatic carbocycles. The van der Waals surface area contributed by atoms with E-state index in [1.807, 2.05) is 0 Å². The summed E-state index contributed by atoms with van der Waals surface area (Å²) in [6.45, 7) is 8.67. The van der Waals surface area contributed by atoms with Crippen molar-refractivity contribution in [2.75, 3.05) is 85.8 Å². The molecule has 0 aliphatic carbocycles. The highest BCUT2D eigenvalue weighted by Gasteiger charge is 1.95. The second-order valence-corrected chi connectivity index (χ2v) is 4.91. The number of carbonyl (C=O) groups is 1. The van der Waals surface area contributed by atoms with Crippen molar-refractivity contribution in [3.8, 4) is 0 Å². The molecule has 1 amide bonds. The van der Waals surface area contributed by atoms with E-state index in [9.17, 15) is 4.79 Å². The highest BCUT2D eigenvalue weighted by atomic mass is 16.6. The summed E-state index contributed by atoms with van der Waals surface area (Å²) in [6.07, 6.45) is -0.0284. The number of amides is 1. The third kappa shape index (κ3) is 23.0. The zero-order valence-corrected chi connectivity index (χ0v) is 15.2. The van der Waals surface area contributed by atoms with Crippen LogP contribution in [0, 0.1) is 0 Å². The van der Waals surface area contributed by atoms with Crippen LogP contribution in [0.4, 0.5) is 4.79 Å². The van der Waals surface area contributed by atoms with Gasteiger partial charge in [-0.25, -0.2) is 4.79 Å². The Hall–Kier alpha value is -0.970. The first-order valence-electron chi connectivity index (χ1n) is 8.70. The van der Waals surface area contributed by atoms with Crippen molar-refractivity contribution >= 4 is 6.09 Å². The van der Waals surface area contributed by atoms with Gasteiger partial charge in [-0.05, 0) is 6.42 Å². The predicted octanol–water partition coefficient (Wildman–Crippen LogP) is 0.764. The Labute approximate surface area is 149 Å². The fraction of sp³-hybridized carbons (Fsp3) is 0.938. The highest BCUT2D eigenvalue weighted by molar-refractivity contribution is 5.64. The number of carboxylic acid groups (broad SMARTS) is 1. The number of rotatable bonds is 20. The molecule has 0 atom stereocenters. The summed E-state index contributed by atoms with van der Waals surface area (Å²) in [6, 6.07) is 0. The largest absolute Gasteiger partial charge is 0.465 e. The standard InChI is InChI=1S/C16H33NO8/c1-2-4-20-6-8-22-10-12-24-14-15-25-13-11-23-9-7-21-5-3-17-16(18)19/h17H,2-15H2,1H3,(H,18,19). The number of ether oxygens (including phenoxy) is 6. The first kappa shape index (κ1) is 24.0. The highest BCUT2D eigenvalue weighted by Crippen LogP contribution is 1.85. The summed E-state index contributed by atoms with van der Waals surface area (Å²) >= 11 is 0. The molecule has 25 heavy (non-hydrogen) atoms. The zero-order valence-electron chi connectivity index (χ0n) is 15.2. The molecule has 0 saturated heterocycles. The molecule has 0 aromatic rings. The maximum atomic E-state index is 10.2. The lowest BCUT2D eigenvalue weighted by Crippen LogP contribution is -2.25. The monoisotopic (exact) mass is 367 g/mol. The van der Waals surface area contributed by atoms with Gasteiger partial charge in [-0.3, -0.25) is 0 Å². The minimum Gasteiger partial charge on any atom is -0.465 e. The molecule has 0 saturated carbocycles. The van der Waals surface area contributed by atoms with Crippen LogP contribution in [-0.2, 0) is 28.4 Å². The average Bonchev–Trinajstić information content (AvgIpc) is 2.60. The van der Waals surface area contributed by atoms with Gasteiger partial charge in [0.25, 0.3) is 0 Å². The third-order valence-electron chi connectivity index (χ3n) is 2.73. The summed E-state index contributed by atoms with van der Waals surface area (Å²) in [4.78, 5) is 10.2. The van der Waals surface area contributed by atoms with Gasteiger partial charge in [0.05, 0.1) is 72.7 Å². The van der Waals surface area contributed by atoms with Gasteiger partial charge < -0.3 is 38.8 Å². The Morgan fingerprint density at radius 3 is 1.28 bits per heavy atom. The molecular formula is C16H33NO8. The molecule has 0 fully saturated rings. The molecule has 9 nitrogen and oxygen atoms in total. The summed E-state index contributed by atoms with van der Waals surface area (Å²) < 4.78 is 31.8. The van der Waals surface area contributed by atoms with Gasteiger partial charge in [0.1, 0.15) is 0 Å². The van der Waals surface area contributed by atoms with Crippen LogP contribution in [0.25, 0.3) is 0 Å². The molecular weight excluding hydrogens is 334 g/mol. The molecule has 2 N–H and O–H groups in total. The second kappa shape index (κ2) is 21.1. The van der Waals surface area contributed by atoms with E-state index in [4.69, 9.17) is 33.5 Å². The number of hydrogen-bond acceptors (Lipinski definition) is 7. The van der Waals surface area contributed by atoms with Crippen LogP contribution in [0.2, 0.25) is 0 Å². The molecule has 0 radical (unpaired) electrons. The maximum Gasteiger partial charge on any atom is 0.404 e. The molecule has 0 aliphatic rings. The maximum absolute atomic E-state index is 10.2. The van der Waals surface area contributed by atoms with Crippen molar-refractivity contribution in [1.29, 1.82) is 0 Å². The van der Waals surface area contributed by atoms with Crippen LogP contribution in [0.5, 0.6) is 0 Å². The van der Waals surface area contributed by atoms with E-state index in [1.54, 1.807) is 0 Å². The Morgan fingerprint density at radius 1 is 0.640 bits per heavy atom. The fourth-order valence-electron chi connectivity index (χ4n) is 1.58. The lowest BCUT2D eigenvalue weighted by atomic mass is 10.5. The van der Waals surface area contributed by atoms with E-state index in [-0.39, 0.29) is 6.54 Å². The van der Waals surface area contributed by atoms with Crippen molar-refractivity contribution in [2.24, 2.45) is 0 Å². The Morgan fingerprint density at radius 2 is 0.960 bits per heavy atom.